The fraction of sp³-hybridized carbons (Fsp3) is 0.550. The van der Waals surface area contributed by atoms with Gasteiger partial charge < -0.3 is 24.3 Å². The standard InChI is InChI=1S/C20H25N3O5/c1-11-17(24)16-14(18(25)19(11)27-3)12(10-28-20(21)26)15-13(6-7-22(15)16)23(2)8-4-5-9-23/h13H,4-10H2,1-3H3,(H-,21,26)/p+1. The maximum absolute atomic E-state index is 13.2. The van der Waals surface area contributed by atoms with Gasteiger partial charge in [-0.1, -0.05) is 0 Å². The minimum Gasteiger partial charge on any atom is -0.492 e. The third-order valence-electron chi connectivity index (χ3n) is 6.58. The number of ketones is 2. The molecule has 1 atom stereocenters. The van der Waals surface area contributed by atoms with E-state index in [9.17, 15) is 14.4 Å². The third kappa shape index (κ3) is 2.51. The number of methoxy groups -OCH3 is 1. The highest BCUT2D eigenvalue weighted by molar-refractivity contribution is 6.26. The van der Waals surface area contributed by atoms with Gasteiger partial charge in [-0.2, -0.15) is 0 Å². The Kier molecular flexibility index (Phi) is 4.33. The second-order valence-electron chi connectivity index (χ2n) is 8.10. The lowest BCUT2D eigenvalue weighted by Crippen LogP contribution is -2.43. The number of ether oxygens (including phenoxy) is 2. The Labute approximate surface area is 163 Å². The number of likely N-dealkylation sites (tertiary alicyclic amines) is 1. The van der Waals surface area contributed by atoms with Crippen LogP contribution in [0.25, 0.3) is 0 Å². The zero-order valence-corrected chi connectivity index (χ0v) is 16.5. The molecular formula is C20H26N3O5+. The van der Waals surface area contributed by atoms with Crippen LogP contribution in [-0.2, 0) is 22.6 Å². The van der Waals surface area contributed by atoms with Gasteiger partial charge in [-0.05, 0) is 6.92 Å². The molecule has 1 saturated heterocycles. The summed E-state index contributed by atoms with van der Waals surface area (Å²) in [5, 5.41) is 0. The first-order valence-corrected chi connectivity index (χ1v) is 9.66. The number of carbonyl (C=O) groups is 3. The molecule has 3 aliphatic rings. The van der Waals surface area contributed by atoms with Crippen molar-refractivity contribution in [2.45, 2.75) is 45.4 Å². The average molecular weight is 388 g/mol. The minimum atomic E-state index is -0.905. The monoisotopic (exact) mass is 388 g/mol. The van der Waals surface area contributed by atoms with Crippen LogP contribution in [0, 0.1) is 0 Å². The second-order valence-corrected chi connectivity index (χ2v) is 8.10. The Bertz CT molecular complexity index is 921. The Morgan fingerprint density at radius 1 is 1.25 bits per heavy atom. The molecule has 1 fully saturated rings. The van der Waals surface area contributed by atoms with Crippen molar-refractivity contribution in [2.75, 3.05) is 27.2 Å². The molecule has 28 heavy (non-hydrogen) atoms. The van der Waals surface area contributed by atoms with Crippen molar-refractivity contribution in [1.82, 2.24) is 4.57 Å². The predicted molar refractivity (Wildman–Crippen MR) is 99.7 cm³/mol. The van der Waals surface area contributed by atoms with E-state index in [4.69, 9.17) is 15.2 Å². The van der Waals surface area contributed by atoms with Crippen molar-refractivity contribution < 1.29 is 28.3 Å². The van der Waals surface area contributed by atoms with Gasteiger partial charge in [-0.15, -0.1) is 0 Å². The highest BCUT2D eigenvalue weighted by atomic mass is 16.5. The molecule has 0 saturated carbocycles. The second kappa shape index (κ2) is 6.48. The van der Waals surface area contributed by atoms with Gasteiger partial charge in [0.2, 0.25) is 11.6 Å². The van der Waals surface area contributed by atoms with Crippen molar-refractivity contribution in [3.8, 4) is 0 Å². The zero-order chi connectivity index (χ0) is 20.2. The average Bonchev–Trinajstić information content (AvgIpc) is 3.33. The Hall–Kier alpha value is -2.61. The number of nitrogens with two attached hydrogens (primary N) is 1. The maximum Gasteiger partial charge on any atom is 0.404 e. The molecule has 0 spiro atoms. The van der Waals surface area contributed by atoms with Crippen LogP contribution in [0.4, 0.5) is 4.79 Å². The number of fused-ring (bicyclic) bond motifs is 3. The van der Waals surface area contributed by atoms with Gasteiger partial charge in [-0.3, -0.25) is 9.59 Å². The zero-order valence-electron chi connectivity index (χ0n) is 16.5. The summed E-state index contributed by atoms with van der Waals surface area (Å²) < 4.78 is 13.2. The number of Topliss-reactive ketones (excluding diaryl/α,β-unsaturated/α-hetero) is 2. The number of amides is 1. The quantitative estimate of drug-likeness (QED) is 0.796. The molecule has 2 N–H and O–H groups in total. The van der Waals surface area contributed by atoms with E-state index in [0.717, 1.165) is 42.5 Å². The van der Waals surface area contributed by atoms with E-state index in [2.05, 4.69) is 7.05 Å². The normalized spacial score (nSPS) is 23.0. The smallest absolute Gasteiger partial charge is 0.404 e. The van der Waals surface area contributed by atoms with Crippen molar-refractivity contribution in [3.05, 3.63) is 33.8 Å². The van der Waals surface area contributed by atoms with Crippen LogP contribution in [0.5, 0.6) is 0 Å². The lowest BCUT2D eigenvalue weighted by molar-refractivity contribution is -0.928. The molecule has 8 nitrogen and oxygen atoms in total. The van der Waals surface area contributed by atoms with Crippen LogP contribution < -0.4 is 5.73 Å². The first kappa shape index (κ1) is 18.7. The van der Waals surface area contributed by atoms with Crippen molar-refractivity contribution >= 4 is 17.7 Å². The highest BCUT2D eigenvalue weighted by Crippen LogP contribution is 2.46. The van der Waals surface area contributed by atoms with Gasteiger partial charge in [0.25, 0.3) is 0 Å². The van der Waals surface area contributed by atoms with E-state index < -0.39 is 6.09 Å². The summed E-state index contributed by atoms with van der Waals surface area (Å²) in [5.74, 6) is -0.481. The minimum absolute atomic E-state index is 0.0558. The fourth-order valence-electron chi connectivity index (χ4n) is 5.25. The fourth-order valence-corrected chi connectivity index (χ4v) is 5.25. The number of rotatable bonds is 4. The van der Waals surface area contributed by atoms with Crippen LogP contribution in [-0.4, -0.2) is 54.0 Å². The Balaban J connectivity index is 1.91. The van der Waals surface area contributed by atoms with E-state index in [1.807, 2.05) is 4.57 Å². The van der Waals surface area contributed by atoms with E-state index >= 15 is 0 Å². The highest BCUT2D eigenvalue weighted by Gasteiger charge is 2.48. The molecule has 1 amide bonds. The van der Waals surface area contributed by atoms with Crippen molar-refractivity contribution in [1.29, 1.82) is 0 Å². The molecule has 2 aliphatic heterocycles. The van der Waals surface area contributed by atoms with Crippen LogP contribution in [0.1, 0.15) is 64.3 Å². The summed E-state index contributed by atoms with van der Waals surface area (Å²) in [6.45, 7) is 4.27. The number of allylic oxidation sites excluding steroid dienone is 2. The number of primary amides is 1. The molecule has 1 aromatic rings. The molecule has 4 rings (SSSR count). The van der Waals surface area contributed by atoms with Crippen molar-refractivity contribution in [2.24, 2.45) is 5.73 Å². The maximum atomic E-state index is 13.2. The number of hydrogen-bond donors (Lipinski definition) is 1. The van der Waals surface area contributed by atoms with E-state index in [1.54, 1.807) is 6.92 Å². The van der Waals surface area contributed by atoms with Gasteiger partial charge >= 0.3 is 6.09 Å². The van der Waals surface area contributed by atoms with E-state index in [0.29, 0.717) is 28.9 Å². The molecular weight excluding hydrogens is 362 g/mol. The van der Waals surface area contributed by atoms with Crippen LogP contribution in [0.15, 0.2) is 11.3 Å². The lowest BCUT2D eigenvalue weighted by atomic mass is 9.90. The number of nitrogens with zero attached hydrogens (tertiary/aromatic N) is 2. The summed E-state index contributed by atoms with van der Waals surface area (Å²) in [5.41, 5.74) is 7.74. The van der Waals surface area contributed by atoms with Gasteiger partial charge in [0.1, 0.15) is 18.3 Å². The number of hydrogen-bond acceptors (Lipinski definition) is 5. The lowest BCUT2D eigenvalue weighted by Gasteiger charge is -2.36. The summed E-state index contributed by atoms with van der Waals surface area (Å²) in [4.78, 5) is 37.5. The first-order chi connectivity index (χ1) is 13.3. The van der Waals surface area contributed by atoms with Gasteiger partial charge in [0.15, 0.2) is 5.76 Å². The Morgan fingerprint density at radius 2 is 1.93 bits per heavy atom. The number of quaternary nitrogens is 1. The summed E-state index contributed by atoms with van der Waals surface area (Å²) in [6, 6.07) is 0.159. The van der Waals surface area contributed by atoms with Gasteiger partial charge in [0.05, 0.1) is 38.5 Å². The molecule has 1 unspecified atom stereocenters. The molecule has 8 heteroatoms. The van der Waals surface area contributed by atoms with Gasteiger partial charge in [0, 0.05) is 36.9 Å². The molecule has 1 aliphatic carbocycles. The number of carbonyl (C=O) groups excluding carboxylic acids is 3. The van der Waals surface area contributed by atoms with Crippen molar-refractivity contribution in [3.63, 3.8) is 0 Å². The van der Waals surface area contributed by atoms with Crippen LogP contribution in [0.3, 0.4) is 0 Å². The van der Waals surface area contributed by atoms with Crippen LogP contribution in [0.2, 0.25) is 0 Å². The van der Waals surface area contributed by atoms with Crippen LogP contribution >= 0.6 is 0 Å². The summed E-state index contributed by atoms with van der Waals surface area (Å²) >= 11 is 0. The largest absolute Gasteiger partial charge is 0.492 e. The number of aromatic nitrogens is 1. The first-order valence-electron chi connectivity index (χ1n) is 9.66. The third-order valence-corrected chi connectivity index (χ3v) is 6.58. The molecule has 3 heterocycles. The predicted octanol–water partition coefficient (Wildman–Crippen LogP) is 2.07. The summed E-state index contributed by atoms with van der Waals surface area (Å²) in [7, 11) is 3.61. The summed E-state index contributed by atoms with van der Waals surface area (Å²) in [6.07, 6.45) is 2.31. The van der Waals surface area contributed by atoms with E-state index in [1.165, 1.54) is 7.11 Å². The SMILES string of the molecule is COC1=C(C)C(=O)c2c(c(COC(N)=O)c3n2CCC3[N+]2(C)CCCC2)C1=O. The molecule has 1 aromatic heterocycles. The van der Waals surface area contributed by atoms with E-state index in [-0.39, 0.29) is 30.0 Å². The molecule has 0 radical (unpaired) electrons. The topological polar surface area (TPSA) is 101 Å². The Morgan fingerprint density at radius 3 is 2.54 bits per heavy atom. The molecule has 0 aromatic carbocycles. The van der Waals surface area contributed by atoms with Gasteiger partial charge in [-0.25, -0.2) is 4.79 Å². The molecule has 150 valence electrons. The molecule has 0 bridgehead atoms.